The number of benzene rings is 1. The molecule has 4 amide bonds. The second kappa shape index (κ2) is 11.8. The van der Waals surface area contributed by atoms with Crippen LogP contribution in [-0.2, 0) is 24.6 Å². The Morgan fingerprint density at radius 2 is 1.84 bits per heavy atom. The van der Waals surface area contributed by atoms with Gasteiger partial charge in [0.05, 0.1) is 10.5 Å². The van der Waals surface area contributed by atoms with Gasteiger partial charge in [-0.05, 0) is 56.7 Å². The van der Waals surface area contributed by atoms with Crippen molar-refractivity contribution in [2.45, 2.75) is 69.4 Å². The third-order valence-electron chi connectivity index (χ3n) is 7.68. The van der Waals surface area contributed by atoms with Crippen LogP contribution in [0, 0.1) is 0 Å². The predicted molar refractivity (Wildman–Crippen MR) is 153 cm³/mol. The van der Waals surface area contributed by atoms with E-state index >= 15 is 0 Å². The molecule has 4 rings (SSSR count). The molecular formula is C27H35F2N4O8PS. The quantitative estimate of drug-likeness (QED) is 0.333. The summed E-state index contributed by atoms with van der Waals surface area (Å²) in [6.45, 7) is 4.68. The first-order valence-electron chi connectivity index (χ1n) is 13.6. The van der Waals surface area contributed by atoms with Crippen molar-refractivity contribution in [2.24, 2.45) is 0 Å². The Bertz CT molecular complexity index is 1490. The Balaban J connectivity index is 1.61. The summed E-state index contributed by atoms with van der Waals surface area (Å²) in [6.07, 6.45) is 1.34. The fraction of sp³-hybridized carbons (Fsp3) is 0.556. The van der Waals surface area contributed by atoms with Crippen LogP contribution < -0.4 is 5.32 Å². The van der Waals surface area contributed by atoms with Crippen LogP contribution in [0.2, 0.25) is 0 Å². The minimum atomic E-state index is -5.79. The molecule has 0 aliphatic carbocycles. The molecule has 2 aliphatic heterocycles. The van der Waals surface area contributed by atoms with E-state index in [1.54, 1.807) is 20.9 Å². The van der Waals surface area contributed by atoms with Crippen molar-refractivity contribution in [3.05, 3.63) is 34.7 Å². The molecule has 12 nitrogen and oxygen atoms in total. The van der Waals surface area contributed by atoms with E-state index in [2.05, 4.69) is 5.32 Å². The van der Waals surface area contributed by atoms with Gasteiger partial charge in [0, 0.05) is 49.9 Å². The molecular weight excluding hydrogens is 609 g/mol. The van der Waals surface area contributed by atoms with Crippen molar-refractivity contribution < 1.29 is 47.4 Å². The van der Waals surface area contributed by atoms with Crippen LogP contribution in [-0.4, -0.2) is 104 Å². The fourth-order valence-corrected chi connectivity index (χ4v) is 7.08. The molecule has 16 heteroatoms. The molecule has 236 valence electrons. The van der Waals surface area contributed by atoms with Crippen molar-refractivity contribution in [2.75, 3.05) is 26.7 Å². The highest BCUT2D eigenvalue weighted by molar-refractivity contribution is 7.52. The van der Waals surface area contributed by atoms with E-state index < -0.39 is 48.3 Å². The molecule has 3 heterocycles. The van der Waals surface area contributed by atoms with Crippen molar-refractivity contribution in [3.63, 3.8) is 0 Å². The number of halogens is 2. The summed E-state index contributed by atoms with van der Waals surface area (Å²) in [5.74, 6) is -1.90. The zero-order valence-electron chi connectivity index (χ0n) is 24.1. The molecule has 2 aromatic rings. The number of fused-ring (bicyclic) bond motifs is 2. The fourth-order valence-electron chi connectivity index (χ4n) is 5.66. The first-order chi connectivity index (χ1) is 19.8. The number of carbonyl (C=O) groups excluding carboxylic acids is 4. The van der Waals surface area contributed by atoms with Crippen LogP contribution in [0.1, 0.15) is 55.3 Å². The molecule has 43 heavy (non-hydrogen) atoms. The number of amides is 4. The Morgan fingerprint density at radius 1 is 1.16 bits per heavy atom. The first-order valence-corrected chi connectivity index (χ1v) is 16.1. The summed E-state index contributed by atoms with van der Waals surface area (Å²) >= 11 is 0.932. The standard InChI is InChI=1S/C27H35F2N4O8PS/c1-15(34)32-10-9-18-6-7-20(25(37)31(4)14-26(2,3)38)33(18)24(36)19(13-32)30-23(35)22-12-16-11-17(5-8-21(16)43-22)27(28,29)42(39,40)41/h5,8,11-12,18-20,38H,6-7,9-10,13-14H2,1-4H3,(H,30,35)(H2,39,40,41)/t18-,19+,20+/m1/s1. The lowest BCUT2D eigenvalue weighted by Crippen LogP contribution is -2.61. The number of carbonyl (C=O) groups is 4. The Kier molecular flexibility index (Phi) is 9.07. The van der Waals surface area contributed by atoms with Gasteiger partial charge in [0.25, 0.3) is 5.91 Å². The van der Waals surface area contributed by atoms with E-state index in [9.17, 15) is 37.6 Å². The molecule has 2 saturated heterocycles. The van der Waals surface area contributed by atoms with Gasteiger partial charge in [-0.25, -0.2) is 0 Å². The van der Waals surface area contributed by atoms with Gasteiger partial charge in [-0.15, -0.1) is 11.3 Å². The number of rotatable bonds is 7. The van der Waals surface area contributed by atoms with Gasteiger partial charge in [0.2, 0.25) is 17.7 Å². The summed E-state index contributed by atoms with van der Waals surface area (Å²) < 4.78 is 40.2. The maximum absolute atomic E-state index is 14.3. The maximum atomic E-state index is 14.3. The van der Waals surface area contributed by atoms with E-state index in [1.807, 2.05) is 0 Å². The molecule has 1 aromatic heterocycles. The van der Waals surface area contributed by atoms with Crippen molar-refractivity contribution in [1.29, 1.82) is 0 Å². The van der Waals surface area contributed by atoms with Crippen LogP contribution in [0.5, 0.6) is 0 Å². The number of nitrogens with one attached hydrogen (secondary N) is 1. The summed E-state index contributed by atoms with van der Waals surface area (Å²) in [5, 5.41) is 13.0. The topological polar surface area (TPSA) is 168 Å². The summed E-state index contributed by atoms with van der Waals surface area (Å²) in [4.78, 5) is 75.5. The van der Waals surface area contributed by atoms with Crippen LogP contribution in [0.25, 0.3) is 10.1 Å². The van der Waals surface area contributed by atoms with E-state index in [0.29, 0.717) is 30.5 Å². The average Bonchev–Trinajstić information content (AvgIpc) is 3.50. The van der Waals surface area contributed by atoms with E-state index in [4.69, 9.17) is 9.79 Å². The zero-order chi connectivity index (χ0) is 32.1. The zero-order valence-corrected chi connectivity index (χ0v) is 25.8. The first kappa shape index (κ1) is 32.9. The summed E-state index contributed by atoms with van der Waals surface area (Å²) in [5.41, 5.74) is -6.48. The molecule has 0 unspecified atom stereocenters. The smallest absolute Gasteiger partial charge is 0.389 e. The van der Waals surface area contributed by atoms with E-state index in [0.717, 1.165) is 23.5 Å². The molecule has 3 atom stereocenters. The highest BCUT2D eigenvalue weighted by Gasteiger charge is 2.50. The molecule has 2 aliphatic rings. The van der Waals surface area contributed by atoms with E-state index in [-0.39, 0.29) is 41.2 Å². The SMILES string of the molecule is CC(=O)N1CC[C@H]2CC[C@@H](C(=O)N(C)CC(C)(C)O)N2C(=O)[C@@H](NC(=O)c2cc3cc(C(F)(F)P(=O)(O)O)ccc3s2)C1. The number of likely N-dealkylation sites (N-methyl/N-ethyl adjacent to an activating group) is 1. The lowest BCUT2D eigenvalue weighted by atomic mass is 10.1. The summed E-state index contributed by atoms with van der Waals surface area (Å²) in [7, 11) is -4.25. The minimum absolute atomic E-state index is 0.0427. The van der Waals surface area contributed by atoms with Gasteiger partial charge < -0.3 is 34.9 Å². The third-order valence-corrected chi connectivity index (χ3v) is 9.78. The van der Waals surface area contributed by atoms with Crippen molar-refractivity contribution >= 4 is 52.6 Å². The number of hydrogen-bond acceptors (Lipinski definition) is 7. The minimum Gasteiger partial charge on any atom is -0.389 e. The van der Waals surface area contributed by atoms with Crippen LogP contribution >= 0.6 is 18.9 Å². The Morgan fingerprint density at radius 3 is 2.44 bits per heavy atom. The number of hydrogen-bond donors (Lipinski definition) is 4. The van der Waals surface area contributed by atoms with Gasteiger partial charge in [0.15, 0.2) is 0 Å². The summed E-state index contributed by atoms with van der Waals surface area (Å²) in [6, 6.07) is 1.90. The van der Waals surface area contributed by atoms with Gasteiger partial charge in [-0.1, -0.05) is 6.07 Å². The largest absolute Gasteiger partial charge is 0.399 e. The van der Waals surface area contributed by atoms with Crippen LogP contribution in [0.3, 0.4) is 0 Å². The predicted octanol–water partition coefficient (Wildman–Crippen LogP) is 2.07. The van der Waals surface area contributed by atoms with Crippen molar-refractivity contribution in [3.8, 4) is 0 Å². The molecule has 0 radical (unpaired) electrons. The molecule has 1 aromatic carbocycles. The van der Waals surface area contributed by atoms with E-state index in [1.165, 1.54) is 33.8 Å². The van der Waals surface area contributed by atoms with Gasteiger partial charge in [-0.3, -0.25) is 23.7 Å². The highest BCUT2D eigenvalue weighted by atomic mass is 32.1. The second-order valence-electron chi connectivity index (χ2n) is 11.7. The number of thiophene rings is 1. The number of nitrogens with zero attached hydrogens (tertiary/aromatic N) is 3. The van der Waals surface area contributed by atoms with Gasteiger partial charge in [-0.2, -0.15) is 8.78 Å². The number of aliphatic hydroxyl groups is 1. The van der Waals surface area contributed by atoms with Gasteiger partial charge in [0.1, 0.15) is 12.1 Å². The Hall–Kier alpha value is -2.97. The van der Waals surface area contributed by atoms with Crippen molar-refractivity contribution in [1.82, 2.24) is 20.0 Å². The lowest BCUT2D eigenvalue weighted by molar-refractivity contribution is -0.149. The number of alkyl halides is 2. The monoisotopic (exact) mass is 644 g/mol. The van der Waals surface area contributed by atoms with Crippen LogP contribution in [0.15, 0.2) is 24.3 Å². The Labute approximate surface area is 250 Å². The molecule has 0 saturated carbocycles. The second-order valence-corrected chi connectivity index (χ2v) is 14.5. The maximum Gasteiger partial charge on any atom is 0.399 e. The molecule has 0 spiro atoms. The molecule has 4 N–H and O–H groups in total. The molecule has 0 bridgehead atoms. The van der Waals surface area contributed by atoms with Gasteiger partial charge >= 0.3 is 13.3 Å². The average molecular weight is 645 g/mol. The third kappa shape index (κ3) is 6.91. The molecule has 2 fully saturated rings. The highest BCUT2D eigenvalue weighted by Crippen LogP contribution is 2.59. The van der Waals surface area contributed by atoms with Crippen LogP contribution in [0.4, 0.5) is 8.78 Å². The normalized spacial score (nSPS) is 21.8. The lowest BCUT2D eigenvalue weighted by Gasteiger charge is -2.39.